The number of rotatable bonds is 7. The first-order valence-electron chi connectivity index (χ1n) is 7.46. The van der Waals surface area contributed by atoms with E-state index in [4.69, 9.17) is 5.11 Å². The van der Waals surface area contributed by atoms with Crippen molar-refractivity contribution in [2.75, 3.05) is 6.61 Å². The second kappa shape index (κ2) is 8.01. The highest BCUT2D eigenvalue weighted by Gasteiger charge is 2.10. The average molecular weight is 306 g/mol. The lowest BCUT2D eigenvalue weighted by atomic mass is 9.99. The number of halogens is 2. The lowest BCUT2D eigenvalue weighted by molar-refractivity contribution is 0.162. The van der Waals surface area contributed by atoms with Crippen molar-refractivity contribution in [1.82, 2.24) is 0 Å². The Kier molecular flexibility index (Phi) is 6.04. The van der Waals surface area contributed by atoms with E-state index in [-0.39, 0.29) is 6.61 Å². The van der Waals surface area contributed by atoms with Gasteiger partial charge in [0.15, 0.2) is 0 Å². The maximum Gasteiger partial charge on any atom is 0.133 e. The van der Waals surface area contributed by atoms with Crippen molar-refractivity contribution in [1.29, 1.82) is 0 Å². The van der Waals surface area contributed by atoms with Crippen LogP contribution in [0.2, 0.25) is 0 Å². The van der Waals surface area contributed by atoms with Crippen molar-refractivity contribution >= 4 is 0 Å². The zero-order valence-corrected chi connectivity index (χ0v) is 12.3. The van der Waals surface area contributed by atoms with Crippen molar-refractivity contribution < 1.29 is 19.0 Å². The van der Waals surface area contributed by atoms with Crippen LogP contribution in [0.4, 0.5) is 8.78 Å². The van der Waals surface area contributed by atoms with Crippen LogP contribution < -0.4 is 0 Å². The summed E-state index contributed by atoms with van der Waals surface area (Å²) in [4.78, 5) is 0. The smallest absolute Gasteiger partial charge is 0.133 e. The van der Waals surface area contributed by atoms with Gasteiger partial charge in [-0.25, -0.2) is 8.78 Å². The highest BCUT2D eigenvalue weighted by Crippen LogP contribution is 2.26. The van der Waals surface area contributed by atoms with Crippen LogP contribution in [0.1, 0.15) is 37.4 Å². The normalized spacial score (nSPS) is 12.4. The molecular formula is C18H20F2O2. The highest BCUT2D eigenvalue weighted by atomic mass is 19.1. The molecule has 2 nitrogen and oxygen atoms in total. The van der Waals surface area contributed by atoms with Crippen LogP contribution in [-0.4, -0.2) is 16.8 Å². The van der Waals surface area contributed by atoms with Crippen LogP contribution in [0.25, 0.3) is 11.1 Å². The van der Waals surface area contributed by atoms with Gasteiger partial charge in [-0.1, -0.05) is 37.1 Å². The molecule has 4 heteroatoms. The summed E-state index contributed by atoms with van der Waals surface area (Å²) >= 11 is 0. The minimum Gasteiger partial charge on any atom is -0.396 e. The second-order valence-electron chi connectivity index (χ2n) is 5.33. The molecule has 0 aromatic heterocycles. The van der Waals surface area contributed by atoms with Crippen molar-refractivity contribution in [2.24, 2.45) is 0 Å². The van der Waals surface area contributed by atoms with Crippen molar-refractivity contribution in [3.8, 4) is 11.1 Å². The summed E-state index contributed by atoms with van der Waals surface area (Å²) in [6.45, 7) is 0.175. The van der Waals surface area contributed by atoms with Crippen molar-refractivity contribution in [3.05, 3.63) is 59.7 Å². The maximum absolute atomic E-state index is 13.7. The Hall–Kier alpha value is -1.78. The fourth-order valence-corrected chi connectivity index (χ4v) is 2.40. The monoisotopic (exact) mass is 306 g/mol. The standard InChI is InChI=1S/C18H20F2O2/c19-15-9-10-16(17(20)12-15)13-5-7-14(8-6-13)18(22)4-2-1-3-11-21/h5-10,12,18,21-22H,1-4,11H2. The van der Waals surface area contributed by atoms with Crippen LogP contribution >= 0.6 is 0 Å². The highest BCUT2D eigenvalue weighted by molar-refractivity contribution is 5.64. The molecule has 0 radical (unpaired) electrons. The molecule has 0 fully saturated rings. The van der Waals surface area contributed by atoms with E-state index in [9.17, 15) is 13.9 Å². The van der Waals surface area contributed by atoms with Gasteiger partial charge in [0.25, 0.3) is 0 Å². The molecule has 0 bridgehead atoms. The Morgan fingerprint density at radius 3 is 2.27 bits per heavy atom. The second-order valence-corrected chi connectivity index (χ2v) is 5.33. The van der Waals surface area contributed by atoms with Gasteiger partial charge in [0.1, 0.15) is 11.6 Å². The predicted molar refractivity (Wildman–Crippen MR) is 82.3 cm³/mol. The summed E-state index contributed by atoms with van der Waals surface area (Å²) in [6, 6.07) is 10.5. The molecular weight excluding hydrogens is 286 g/mol. The lowest BCUT2D eigenvalue weighted by Gasteiger charge is -2.12. The molecule has 2 aromatic rings. The van der Waals surface area contributed by atoms with Crippen molar-refractivity contribution in [2.45, 2.75) is 31.8 Å². The topological polar surface area (TPSA) is 40.5 Å². The average Bonchev–Trinajstić information content (AvgIpc) is 2.52. The number of aliphatic hydroxyl groups is 2. The number of hydrogen-bond donors (Lipinski definition) is 2. The van der Waals surface area contributed by atoms with Gasteiger partial charge >= 0.3 is 0 Å². The third kappa shape index (κ3) is 4.36. The minimum absolute atomic E-state index is 0.175. The van der Waals surface area contributed by atoms with Gasteiger partial charge in [0.05, 0.1) is 6.10 Å². The van der Waals surface area contributed by atoms with E-state index in [0.29, 0.717) is 17.5 Å². The third-order valence-corrected chi connectivity index (χ3v) is 3.67. The van der Waals surface area contributed by atoms with E-state index in [1.54, 1.807) is 24.3 Å². The Labute approximate surface area is 129 Å². The van der Waals surface area contributed by atoms with E-state index < -0.39 is 17.7 Å². The summed E-state index contributed by atoms with van der Waals surface area (Å²) in [5.41, 5.74) is 1.76. The molecule has 2 aromatic carbocycles. The van der Waals surface area contributed by atoms with Gasteiger partial charge in [0, 0.05) is 18.2 Å². The minimum atomic E-state index is -0.601. The van der Waals surface area contributed by atoms with Crippen LogP contribution in [0.3, 0.4) is 0 Å². The number of aliphatic hydroxyl groups excluding tert-OH is 2. The molecule has 0 spiro atoms. The quantitative estimate of drug-likeness (QED) is 0.752. The lowest BCUT2D eigenvalue weighted by Crippen LogP contribution is -1.98. The predicted octanol–water partition coefficient (Wildman–Crippen LogP) is 4.22. The molecule has 2 rings (SSSR count). The molecule has 1 unspecified atom stereocenters. The SMILES string of the molecule is OCCCCCC(O)c1ccc(-c2ccc(F)cc2F)cc1. The number of unbranched alkanes of at least 4 members (excludes halogenated alkanes) is 2. The molecule has 0 aliphatic rings. The van der Waals surface area contributed by atoms with E-state index in [1.807, 2.05) is 0 Å². The maximum atomic E-state index is 13.7. The Morgan fingerprint density at radius 1 is 0.909 bits per heavy atom. The Morgan fingerprint density at radius 2 is 1.64 bits per heavy atom. The van der Waals surface area contributed by atoms with Crippen molar-refractivity contribution in [3.63, 3.8) is 0 Å². The molecule has 2 N–H and O–H groups in total. The first-order chi connectivity index (χ1) is 10.6. The molecule has 0 heterocycles. The molecule has 0 aliphatic carbocycles. The summed E-state index contributed by atoms with van der Waals surface area (Å²) in [5.74, 6) is -1.20. The van der Waals surface area contributed by atoms with Crippen LogP contribution in [0, 0.1) is 11.6 Å². The van der Waals surface area contributed by atoms with Gasteiger partial charge in [-0.05, 0) is 36.1 Å². The largest absolute Gasteiger partial charge is 0.396 e. The molecule has 22 heavy (non-hydrogen) atoms. The Bertz CT molecular complexity index is 597. The summed E-state index contributed by atoms with van der Waals surface area (Å²) in [5, 5.41) is 18.8. The molecule has 0 aliphatic heterocycles. The fraction of sp³-hybridized carbons (Fsp3) is 0.333. The van der Waals surface area contributed by atoms with Gasteiger partial charge in [-0.2, -0.15) is 0 Å². The first kappa shape index (κ1) is 16.6. The summed E-state index contributed by atoms with van der Waals surface area (Å²) in [6.07, 6.45) is 2.54. The fourth-order valence-electron chi connectivity index (χ4n) is 2.40. The van der Waals surface area contributed by atoms with Crippen LogP contribution in [-0.2, 0) is 0 Å². The molecule has 0 saturated heterocycles. The van der Waals surface area contributed by atoms with Gasteiger partial charge in [-0.15, -0.1) is 0 Å². The first-order valence-corrected chi connectivity index (χ1v) is 7.46. The van der Waals surface area contributed by atoms with E-state index >= 15 is 0 Å². The van der Waals surface area contributed by atoms with Gasteiger partial charge in [-0.3, -0.25) is 0 Å². The van der Waals surface area contributed by atoms with Gasteiger partial charge < -0.3 is 10.2 Å². The number of benzene rings is 2. The molecule has 0 saturated carbocycles. The van der Waals surface area contributed by atoms with E-state index in [1.165, 1.54) is 12.1 Å². The molecule has 1 atom stereocenters. The zero-order chi connectivity index (χ0) is 15.9. The Balaban J connectivity index is 2.03. The molecule has 0 amide bonds. The van der Waals surface area contributed by atoms with E-state index in [0.717, 1.165) is 30.9 Å². The van der Waals surface area contributed by atoms with Crippen LogP contribution in [0.5, 0.6) is 0 Å². The van der Waals surface area contributed by atoms with E-state index in [2.05, 4.69) is 0 Å². The molecule has 118 valence electrons. The summed E-state index contributed by atoms with van der Waals surface area (Å²) in [7, 11) is 0. The van der Waals surface area contributed by atoms with Gasteiger partial charge in [0.2, 0.25) is 0 Å². The van der Waals surface area contributed by atoms with Crippen LogP contribution in [0.15, 0.2) is 42.5 Å². The third-order valence-electron chi connectivity index (χ3n) is 3.67. The number of hydrogen-bond acceptors (Lipinski definition) is 2. The zero-order valence-electron chi connectivity index (χ0n) is 12.3. The summed E-state index contributed by atoms with van der Waals surface area (Å²) < 4.78 is 26.6.